The average molecular weight is 254 g/mol. The van der Waals surface area contributed by atoms with Gasteiger partial charge in [0, 0.05) is 20.3 Å². The maximum Gasteiger partial charge on any atom is 0.177 e. The number of hydrogen-bond donors (Lipinski definition) is 0. The lowest BCUT2D eigenvalue weighted by Crippen LogP contribution is -3.00. The normalized spacial score (nSPS) is 7.60. The van der Waals surface area contributed by atoms with Gasteiger partial charge in [-0.3, -0.25) is 0 Å². The monoisotopic (exact) mass is 253 g/mol. The van der Waals surface area contributed by atoms with Crippen LogP contribution < -0.4 is 24.8 Å². The van der Waals surface area contributed by atoms with Gasteiger partial charge in [0.25, 0.3) is 0 Å². The van der Waals surface area contributed by atoms with E-state index in [-0.39, 0.29) is 24.8 Å². The van der Waals surface area contributed by atoms with Crippen molar-refractivity contribution in [3.8, 4) is 0 Å². The van der Waals surface area contributed by atoms with Crippen LogP contribution in [0.2, 0.25) is 0 Å². The van der Waals surface area contributed by atoms with Gasteiger partial charge in [0.1, 0.15) is 33.8 Å². The second kappa shape index (κ2) is 9.99. The van der Waals surface area contributed by atoms with Crippen molar-refractivity contribution in [2.45, 2.75) is 0 Å². The number of nitrogens with zero attached hydrogens (tertiary/aromatic N) is 3. The molecule has 0 radical (unpaired) electrons. The Morgan fingerprint density at radius 1 is 0.867 bits per heavy atom. The molecule has 0 saturated carbocycles. The summed E-state index contributed by atoms with van der Waals surface area (Å²) in [6.45, 7) is 0. The third-order valence-corrected chi connectivity index (χ3v) is 1.22. The predicted molar refractivity (Wildman–Crippen MR) is 58.1 cm³/mol. The van der Waals surface area contributed by atoms with Crippen LogP contribution in [-0.4, -0.2) is 68.8 Å². The molecule has 90 valence electrons. The Labute approximate surface area is 106 Å². The average Bonchev–Trinajstić information content (AvgIpc) is 1.80. The molecular formula is C10H21Cl2N3. The molecule has 15 heavy (non-hydrogen) atoms. The van der Waals surface area contributed by atoms with E-state index >= 15 is 0 Å². The van der Waals surface area contributed by atoms with E-state index in [1.165, 1.54) is 5.57 Å². The van der Waals surface area contributed by atoms with Crippen molar-refractivity contribution in [3.05, 3.63) is 11.8 Å². The fourth-order valence-electron chi connectivity index (χ4n) is 0.994. The van der Waals surface area contributed by atoms with E-state index in [1.807, 2.05) is 56.3 Å². The summed E-state index contributed by atoms with van der Waals surface area (Å²) in [6.07, 6.45) is 6.25. The maximum absolute atomic E-state index is 2.08. The van der Waals surface area contributed by atoms with Crippen molar-refractivity contribution >= 4 is 12.4 Å². The predicted octanol–water partition coefficient (Wildman–Crippen LogP) is -5.87. The van der Waals surface area contributed by atoms with Crippen LogP contribution in [0, 0.1) is 0 Å². The Balaban J connectivity index is -0.000000720. The number of hydrogen-bond acceptors (Lipinski definition) is 1. The first kappa shape index (κ1) is 19.9. The third kappa shape index (κ3) is 13.5. The van der Waals surface area contributed by atoms with Crippen LogP contribution in [0.3, 0.4) is 0 Å². The summed E-state index contributed by atoms with van der Waals surface area (Å²) in [4.78, 5) is 2.04. The molecule has 5 heteroatoms. The van der Waals surface area contributed by atoms with E-state index < -0.39 is 0 Å². The lowest BCUT2D eigenvalue weighted by molar-refractivity contribution is -0.462. The van der Waals surface area contributed by atoms with Crippen molar-refractivity contribution in [3.63, 3.8) is 0 Å². The molecule has 0 unspecified atom stereocenters. The van der Waals surface area contributed by atoms with Gasteiger partial charge in [-0.1, -0.05) is 0 Å². The molecule has 0 saturated heterocycles. The van der Waals surface area contributed by atoms with Crippen molar-refractivity contribution in [1.82, 2.24) is 4.90 Å². The summed E-state index contributed by atoms with van der Waals surface area (Å²) in [5.41, 5.74) is 1.18. The van der Waals surface area contributed by atoms with Crippen LogP contribution in [-0.2, 0) is 0 Å². The molecule has 0 bridgehead atoms. The first-order valence-electron chi connectivity index (χ1n) is 4.32. The second-order valence-electron chi connectivity index (χ2n) is 3.78. The Hall–Kier alpha value is -0.540. The van der Waals surface area contributed by atoms with Gasteiger partial charge < -0.3 is 29.7 Å². The van der Waals surface area contributed by atoms with Crippen molar-refractivity contribution < 1.29 is 34.0 Å². The van der Waals surface area contributed by atoms with Gasteiger partial charge in [-0.15, -0.1) is 0 Å². The zero-order valence-electron chi connectivity index (χ0n) is 10.3. The van der Waals surface area contributed by atoms with Crippen LogP contribution in [0.25, 0.3) is 0 Å². The molecular weight excluding hydrogens is 233 g/mol. The highest BCUT2D eigenvalue weighted by Crippen LogP contribution is 1.87. The number of halogens is 2. The lowest BCUT2D eigenvalue weighted by Gasteiger charge is -2.03. The fraction of sp³-hybridized carbons (Fsp3) is 0.600. The SMILES string of the molecule is CN(C)C=C(C=[N+](C)C)C=[N+](C)C.[Cl-].[Cl-]. The molecule has 0 heterocycles. The highest BCUT2D eigenvalue weighted by atomic mass is 35.5. The smallest absolute Gasteiger partial charge is 0.177 e. The molecule has 0 atom stereocenters. The van der Waals surface area contributed by atoms with Crippen LogP contribution >= 0.6 is 0 Å². The molecule has 0 aliphatic rings. The van der Waals surface area contributed by atoms with Gasteiger partial charge in [0.2, 0.25) is 0 Å². The van der Waals surface area contributed by atoms with E-state index in [0.29, 0.717) is 0 Å². The van der Waals surface area contributed by atoms with E-state index in [2.05, 4.69) is 18.6 Å². The number of allylic oxidation sites excluding steroid dienone is 1. The largest absolute Gasteiger partial charge is 1.00 e. The zero-order valence-corrected chi connectivity index (χ0v) is 11.8. The minimum atomic E-state index is 0. The second-order valence-corrected chi connectivity index (χ2v) is 3.78. The van der Waals surface area contributed by atoms with Crippen molar-refractivity contribution in [1.29, 1.82) is 0 Å². The summed E-state index contributed by atoms with van der Waals surface area (Å²) in [5, 5.41) is 0. The summed E-state index contributed by atoms with van der Waals surface area (Å²) in [7, 11) is 12.1. The van der Waals surface area contributed by atoms with Gasteiger partial charge in [-0.2, -0.15) is 0 Å². The number of rotatable bonds is 3. The Morgan fingerprint density at radius 3 is 1.40 bits per heavy atom. The Morgan fingerprint density at radius 2 is 1.20 bits per heavy atom. The molecule has 0 rings (SSSR count). The minimum Gasteiger partial charge on any atom is -1.00 e. The van der Waals surface area contributed by atoms with Crippen LogP contribution in [0.1, 0.15) is 0 Å². The summed E-state index contributed by atoms with van der Waals surface area (Å²) in [5.74, 6) is 0. The van der Waals surface area contributed by atoms with Crippen molar-refractivity contribution in [2.75, 3.05) is 42.3 Å². The van der Waals surface area contributed by atoms with Gasteiger partial charge in [-0.25, -0.2) is 9.15 Å². The van der Waals surface area contributed by atoms with E-state index in [9.17, 15) is 0 Å². The van der Waals surface area contributed by atoms with Gasteiger partial charge >= 0.3 is 0 Å². The molecule has 3 nitrogen and oxygen atoms in total. The molecule has 0 fully saturated rings. The molecule has 0 N–H and O–H groups in total. The molecule has 0 aliphatic carbocycles. The summed E-state index contributed by atoms with van der Waals surface area (Å²) in [6, 6.07) is 0. The quantitative estimate of drug-likeness (QED) is 0.360. The standard InChI is InChI=1S/C10H21N3.2ClH/c1-11(2)7-10(8-12(3)4)9-13(5)6;;/h7-9H,1-6H3;2*1H/q+2;;/p-2. The molecule has 0 aromatic rings. The summed E-state index contributed by atoms with van der Waals surface area (Å²) >= 11 is 0. The van der Waals surface area contributed by atoms with Gasteiger partial charge in [-0.05, 0) is 0 Å². The molecule has 0 spiro atoms. The topological polar surface area (TPSA) is 9.26 Å². The van der Waals surface area contributed by atoms with Crippen LogP contribution in [0.4, 0.5) is 0 Å². The van der Waals surface area contributed by atoms with E-state index in [4.69, 9.17) is 0 Å². The first-order valence-corrected chi connectivity index (χ1v) is 4.32. The highest BCUT2D eigenvalue weighted by Gasteiger charge is 1.99. The van der Waals surface area contributed by atoms with Crippen LogP contribution in [0.15, 0.2) is 11.8 Å². The summed E-state index contributed by atoms with van der Waals surface area (Å²) < 4.78 is 4.07. The van der Waals surface area contributed by atoms with E-state index in [1.54, 1.807) is 0 Å². The molecule has 0 aliphatic heterocycles. The highest BCUT2D eigenvalue weighted by molar-refractivity contribution is 5.99. The minimum absolute atomic E-state index is 0. The zero-order chi connectivity index (χ0) is 10.4. The maximum atomic E-state index is 2.08. The van der Waals surface area contributed by atoms with E-state index in [0.717, 1.165) is 0 Å². The fourth-order valence-corrected chi connectivity index (χ4v) is 0.994. The first-order chi connectivity index (χ1) is 5.91. The van der Waals surface area contributed by atoms with Gasteiger partial charge in [0.15, 0.2) is 12.4 Å². The Kier molecular flexibility index (Phi) is 13.3. The van der Waals surface area contributed by atoms with Crippen molar-refractivity contribution in [2.24, 2.45) is 0 Å². The van der Waals surface area contributed by atoms with Crippen LogP contribution in [0.5, 0.6) is 0 Å². The van der Waals surface area contributed by atoms with Gasteiger partial charge in [0.05, 0.1) is 0 Å². The lowest BCUT2D eigenvalue weighted by atomic mass is 10.3. The Bertz CT molecular complexity index is 227. The molecule has 0 aromatic carbocycles. The molecule has 0 aromatic heterocycles. The third-order valence-electron chi connectivity index (χ3n) is 1.22. The molecule has 0 amide bonds.